The molecule has 6 heteroatoms. The number of para-hydroxylation sites is 1. The number of carboxylic acids is 1. The van der Waals surface area contributed by atoms with Crippen LogP contribution in [0.2, 0.25) is 0 Å². The van der Waals surface area contributed by atoms with Gasteiger partial charge in [-0.1, -0.05) is 18.2 Å². The van der Waals surface area contributed by atoms with Crippen LogP contribution < -0.4 is 0 Å². The Morgan fingerprint density at radius 2 is 2.00 bits per heavy atom. The van der Waals surface area contributed by atoms with E-state index in [1.54, 1.807) is 9.58 Å². The van der Waals surface area contributed by atoms with Gasteiger partial charge in [-0.15, -0.1) is 0 Å². The number of benzene rings is 1. The number of carbonyl (C=O) groups excluding carboxylic acids is 1. The fourth-order valence-electron chi connectivity index (χ4n) is 2.90. The Morgan fingerprint density at radius 3 is 2.70 bits per heavy atom. The van der Waals surface area contributed by atoms with Crippen LogP contribution in [0.5, 0.6) is 0 Å². The van der Waals surface area contributed by atoms with Gasteiger partial charge < -0.3 is 10.0 Å². The van der Waals surface area contributed by atoms with Crippen LogP contribution >= 0.6 is 0 Å². The van der Waals surface area contributed by atoms with Crippen LogP contribution in [0, 0.1) is 12.8 Å². The van der Waals surface area contributed by atoms with Crippen molar-refractivity contribution in [3.05, 3.63) is 47.8 Å². The quantitative estimate of drug-likeness (QED) is 0.942. The maximum absolute atomic E-state index is 12.7. The summed E-state index contributed by atoms with van der Waals surface area (Å²) in [6, 6.07) is 9.58. The molecule has 3 rings (SSSR count). The molecule has 1 fully saturated rings. The summed E-state index contributed by atoms with van der Waals surface area (Å²) in [5.74, 6) is -1.51. The Labute approximate surface area is 134 Å². The molecule has 1 aliphatic heterocycles. The molecule has 6 nitrogen and oxygen atoms in total. The topological polar surface area (TPSA) is 75.4 Å². The van der Waals surface area contributed by atoms with E-state index in [4.69, 9.17) is 5.11 Å². The molecule has 1 unspecified atom stereocenters. The van der Waals surface area contributed by atoms with Crippen LogP contribution in [0.3, 0.4) is 0 Å². The van der Waals surface area contributed by atoms with Crippen LogP contribution in [0.25, 0.3) is 5.69 Å². The first-order valence-electron chi connectivity index (χ1n) is 7.70. The molecule has 0 radical (unpaired) electrons. The Kier molecular flexibility index (Phi) is 4.14. The third-order valence-electron chi connectivity index (χ3n) is 4.18. The molecule has 120 valence electrons. The van der Waals surface area contributed by atoms with E-state index >= 15 is 0 Å². The van der Waals surface area contributed by atoms with E-state index in [1.165, 1.54) is 0 Å². The van der Waals surface area contributed by atoms with Crippen molar-refractivity contribution in [2.24, 2.45) is 5.92 Å². The number of carbonyl (C=O) groups is 2. The van der Waals surface area contributed by atoms with E-state index < -0.39 is 11.9 Å². The first kappa shape index (κ1) is 15.3. The van der Waals surface area contributed by atoms with Crippen molar-refractivity contribution in [3.8, 4) is 5.69 Å². The van der Waals surface area contributed by atoms with Gasteiger partial charge in [0.15, 0.2) is 5.69 Å². The second-order valence-electron chi connectivity index (χ2n) is 5.87. The van der Waals surface area contributed by atoms with Crippen molar-refractivity contribution in [1.82, 2.24) is 14.7 Å². The van der Waals surface area contributed by atoms with Crippen LogP contribution in [0.15, 0.2) is 36.5 Å². The van der Waals surface area contributed by atoms with Crippen LogP contribution in [-0.4, -0.2) is 44.8 Å². The number of hydrogen-bond donors (Lipinski definition) is 1. The van der Waals surface area contributed by atoms with E-state index in [9.17, 15) is 9.59 Å². The van der Waals surface area contributed by atoms with Gasteiger partial charge in [0.05, 0.1) is 11.6 Å². The Morgan fingerprint density at radius 1 is 1.26 bits per heavy atom. The summed E-state index contributed by atoms with van der Waals surface area (Å²) in [6.45, 7) is 2.68. The highest BCUT2D eigenvalue weighted by atomic mass is 16.4. The van der Waals surface area contributed by atoms with E-state index in [2.05, 4.69) is 5.10 Å². The minimum atomic E-state index is -0.839. The summed E-state index contributed by atoms with van der Waals surface area (Å²) in [6.07, 6.45) is 3.15. The summed E-state index contributed by atoms with van der Waals surface area (Å²) in [5, 5.41) is 13.6. The van der Waals surface area contributed by atoms with Crippen molar-refractivity contribution in [3.63, 3.8) is 0 Å². The zero-order valence-corrected chi connectivity index (χ0v) is 13.0. The monoisotopic (exact) mass is 313 g/mol. The maximum Gasteiger partial charge on any atom is 0.308 e. The number of nitrogens with zero attached hydrogens (tertiary/aromatic N) is 3. The van der Waals surface area contributed by atoms with Gasteiger partial charge in [0, 0.05) is 24.8 Å². The van der Waals surface area contributed by atoms with Crippen molar-refractivity contribution >= 4 is 11.9 Å². The predicted octanol–water partition coefficient (Wildman–Crippen LogP) is 2.12. The number of rotatable bonds is 3. The first-order valence-corrected chi connectivity index (χ1v) is 7.70. The van der Waals surface area contributed by atoms with E-state index in [0.717, 1.165) is 11.3 Å². The van der Waals surface area contributed by atoms with Crippen molar-refractivity contribution in [2.75, 3.05) is 13.1 Å². The number of likely N-dealkylation sites (tertiary alicyclic amines) is 1. The summed E-state index contributed by atoms with van der Waals surface area (Å²) < 4.78 is 1.68. The van der Waals surface area contributed by atoms with E-state index in [1.807, 2.05) is 43.5 Å². The summed E-state index contributed by atoms with van der Waals surface area (Å²) in [5.41, 5.74) is 2.06. The molecule has 1 aromatic carbocycles. The molecule has 2 heterocycles. The minimum Gasteiger partial charge on any atom is -0.481 e. The number of aromatic nitrogens is 2. The van der Waals surface area contributed by atoms with Gasteiger partial charge in [0.2, 0.25) is 0 Å². The molecule has 1 aliphatic rings. The smallest absolute Gasteiger partial charge is 0.308 e. The highest BCUT2D eigenvalue weighted by molar-refractivity contribution is 5.94. The van der Waals surface area contributed by atoms with Crippen LogP contribution in [0.4, 0.5) is 0 Å². The number of aliphatic carboxylic acids is 1. The van der Waals surface area contributed by atoms with Crippen molar-refractivity contribution < 1.29 is 14.7 Å². The van der Waals surface area contributed by atoms with Crippen LogP contribution in [0.1, 0.15) is 28.9 Å². The third-order valence-corrected chi connectivity index (χ3v) is 4.18. The number of hydrogen-bond acceptors (Lipinski definition) is 3. The molecule has 1 amide bonds. The SMILES string of the molecule is Cc1cn(-c2ccccc2)nc1C(=O)N1CCCC(C(=O)O)C1. The molecule has 0 spiro atoms. The molecule has 23 heavy (non-hydrogen) atoms. The molecule has 1 saturated heterocycles. The minimum absolute atomic E-state index is 0.192. The molecule has 1 atom stereocenters. The number of amides is 1. The Balaban J connectivity index is 1.83. The molecular formula is C17H19N3O3. The molecular weight excluding hydrogens is 294 g/mol. The van der Waals surface area contributed by atoms with Gasteiger partial charge in [-0.3, -0.25) is 9.59 Å². The highest BCUT2D eigenvalue weighted by Crippen LogP contribution is 2.20. The summed E-state index contributed by atoms with van der Waals surface area (Å²) in [7, 11) is 0. The highest BCUT2D eigenvalue weighted by Gasteiger charge is 2.30. The van der Waals surface area contributed by atoms with Gasteiger partial charge in [-0.25, -0.2) is 4.68 Å². The number of aryl methyl sites for hydroxylation is 1. The molecule has 0 aliphatic carbocycles. The lowest BCUT2D eigenvalue weighted by atomic mass is 9.98. The van der Waals surface area contributed by atoms with Gasteiger partial charge >= 0.3 is 5.97 Å². The fourth-order valence-corrected chi connectivity index (χ4v) is 2.90. The number of carboxylic acid groups (broad SMARTS) is 1. The first-order chi connectivity index (χ1) is 11.1. The predicted molar refractivity (Wildman–Crippen MR) is 84.6 cm³/mol. The zero-order chi connectivity index (χ0) is 16.4. The average Bonchev–Trinajstić information content (AvgIpc) is 2.97. The second kappa shape index (κ2) is 6.24. The molecule has 2 aromatic rings. The van der Waals surface area contributed by atoms with Gasteiger partial charge in [-0.2, -0.15) is 5.10 Å². The lowest BCUT2D eigenvalue weighted by Crippen LogP contribution is -2.42. The van der Waals surface area contributed by atoms with Crippen LogP contribution in [-0.2, 0) is 4.79 Å². The zero-order valence-electron chi connectivity index (χ0n) is 13.0. The molecule has 0 bridgehead atoms. The van der Waals surface area contributed by atoms with E-state index in [0.29, 0.717) is 25.1 Å². The normalized spacial score (nSPS) is 18.0. The molecule has 0 saturated carbocycles. The summed E-state index contributed by atoms with van der Waals surface area (Å²) >= 11 is 0. The fraction of sp³-hybridized carbons (Fsp3) is 0.353. The summed E-state index contributed by atoms with van der Waals surface area (Å²) in [4.78, 5) is 25.5. The van der Waals surface area contributed by atoms with Gasteiger partial charge in [0.1, 0.15) is 0 Å². The standard InChI is InChI=1S/C17H19N3O3/c1-12-10-20(14-7-3-2-4-8-14)18-15(12)16(21)19-9-5-6-13(11-19)17(22)23/h2-4,7-8,10,13H,5-6,9,11H2,1H3,(H,22,23). The van der Waals surface area contributed by atoms with Crippen molar-refractivity contribution in [1.29, 1.82) is 0 Å². The Bertz CT molecular complexity index is 724. The number of piperidine rings is 1. The lowest BCUT2D eigenvalue weighted by molar-refractivity contribution is -0.143. The Hall–Kier alpha value is -2.63. The average molecular weight is 313 g/mol. The van der Waals surface area contributed by atoms with E-state index in [-0.39, 0.29) is 12.5 Å². The molecule has 1 N–H and O–H groups in total. The van der Waals surface area contributed by atoms with Gasteiger partial charge in [-0.05, 0) is 31.9 Å². The van der Waals surface area contributed by atoms with Crippen molar-refractivity contribution in [2.45, 2.75) is 19.8 Å². The second-order valence-corrected chi connectivity index (χ2v) is 5.87. The lowest BCUT2D eigenvalue weighted by Gasteiger charge is -2.30. The third kappa shape index (κ3) is 3.11. The largest absolute Gasteiger partial charge is 0.481 e. The molecule has 1 aromatic heterocycles. The maximum atomic E-state index is 12.7. The van der Waals surface area contributed by atoms with Gasteiger partial charge in [0.25, 0.3) is 5.91 Å².